The predicted molar refractivity (Wildman–Crippen MR) is 64.4 cm³/mol. The van der Waals surface area contributed by atoms with Crippen LogP contribution in [0.4, 0.5) is 4.39 Å². The van der Waals surface area contributed by atoms with E-state index in [2.05, 4.69) is 5.32 Å². The van der Waals surface area contributed by atoms with E-state index in [1.54, 1.807) is 6.07 Å². The van der Waals surface area contributed by atoms with Crippen LogP contribution in [0.3, 0.4) is 0 Å². The van der Waals surface area contributed by atoms with Crippen LogP contribution in [0.2, 0.25) is 0 Å². The lowest BCUT2D eigenvalue weighted by molar-refractivity contribution is -0.133. The van der Waals surface area contributed by atoms with Crippen molar-refractivity contribution >= 4 is 17.6 Å². The number of carbonyl (C=O) groups is 2. The SMILES string of the molecule is O=C(O)C1=CNC(c2ccccc2F)=C(C(=O)O)C1. The fraction of sp³-hybridized carbons (Fsp3) is 0.0769. The van der Waals surface area contributed by atoms with Crippen molar-refractivity contribution in [3.8, 4) is 0 Å². The van der Waals surface area contributed by atoms with Crippen molar-refractivity contribution in [2.45, 2.75) is 6.42 Å². The number of dihydropyridines is 1. The largest absolute Gasteiger partial charge is 0.478 e. The molecular formula is C13H10FNO4. The third-order valence-corrected chi connectivity index (χ3v) is 2.74. The van der Waals surface area contributed by atoms with Crippen LogP contribution in [0.15, 0.2) is 41.6 Å². The molecule has 0 radical (unpaired) electrons. The number of hydrogen-bond donors (Lipinski definition) is 3. The van der Waals surface area contributed by atoms with Crippen LogP contribution in [-0.2, 0) is 9.59 Å². The van der Waals surface area contributed by atoms with Gasteiger partial charge in [-0.05, 0) is 12.1 Å². The topological polar surface area (TPSA) is 86.6 Å². The van der Waals surface area contributed by atoms with Gasteiger partial charge in [0.2, 0.25) is 0 Å². The Hall–Kier alpha value is -2.63. The van der Waals surface area contributed by atoms with Crippen LogP contribution < -0.4 is 5.32 Å². The molecule has 1 aromatic rings. The first kappa shape index (κ1) is 12.8. The number of hydrogen-bond acceptors (Lipinski definition) is 3. The highest BCUT2D eigenvalue weighted by Gasteiger charge is 2.25. The first-order chi connectivity index (χ1) is 9.00. The maximum absolute atomic E-state index is 13.7. The summed E-state index contributed by atoms with van der Waals surface area (Å²) in [7, 11) is 0. The second-order valence-electron chi connectivity index (χ2n) is 3.93. The van der Waals surface area contributed by atoms with Gasteiger partial charge >= 0.3 is 11.9 Å². The fourth-order valence-corrected chi connectivity index (χ4v) is 1.80. The minimum absolute atomic E-state index is 0.0793. The molecule has 0 aliphatic carbocycles. The van der Waals surface area contributed by atoms with Crippen LogP contribution in [0.5, 0.6) is 0 Å². The van der Waals surface area contributed by atoms with E-state index in [-0.39, 0.29) is 28.8 Å². The van der Waals surface area contributed by atoms with E-state index in [9.17, 15) is 14.0 Å². The Morgan fingerprint density at radius 2 is 1.84 bits per heavy atom. The van der Waals surface area contributed by atoms with Crippen LogP contribution in [-0.4, -0.2) is 22.2 Å². The molecule has 5 nitrogen and oxygen atoms in total. The molecule has 0 spiro atoms. The average molecular weight is 263 g/mol. The summed E-state index contributed by atoms with van der Waals surface area (Å²) in [6.07, 6.45) is 0.915. The van der Waals surface area contributed by atoms with Gasteiger partial charge < -0.3 is 15.5 Å². The van der Waals surface area contributed by atoms with E-state index in [1.807, 2.05) is 0 Å². The van der Waals surface area contributed by atoms with E-state index in [1.165, 1.54) is 24.4 Å². The lowest BCUT2D eigenvalue weighted by atomic mass is 9.97. The van der Waals surface area contributed by atoms with Crippen LogP contribution >= 0.6 is 0 Å². The van der Waals surface area contributed by atoms with Gasteiger partial charge in [0.05, 0.1) is 16.8 Å². The molecule has 0 amide bonds. The number of rotatable bonds is 3. The van der Waals surface area contributed by atoms with Gasteiger partial charge in [0, 0.05) is 18.2 Å². The number of benzene rings is 1. The quantitative estimate of drug-likeness (QED) is 0.770. The highest BCUT2D eigenvalue weighted by molar-refractivity contribution is 6.00. The maximum atomic E-state index is 13.7. The van der Waals surface area contributed by atoms with Crippen molar-refractivity contribution in [3.05, 3.63) is 53.0 Å². The molecule has 0 saturated carbocycles. The molecule has 0 atom stereocenters. The maximum Gasteiger partial charge on any atom is 0.334 e. The van der Waals surface area contributed by atoms with Crippen LogP contribution in [0.25, 0.3) is 5.70 Å². The minimum Gasteiger partial charge on any atom is -0.478 e. The molecule has 1 aromatic carbocycles. The van der Waals surface area contributed by atoms with Gasteiger partial charge in [-0.15, -0.1) is 0 Å². The van der Waals surface area contributed by atoms with Crippen molar-refractivity contribution in [1.29, 1.82) is 0 Å². The van der Waals surface area contributed by atoms with Crippen molar-refractivity contribution in [2.75, 3.05) is 0 Å². The van der Waals surface area contributed by atoms with Gasteiger partial charge in [-0.3, -0.25) is 0 Å². The van der Waals surface area contributed by atoms with Crippen LogP contribution in [0, 0.1) is 5.82 Å². The standard InChI is InChI=1S/C13H10FNO4/c14-10-4-2-1-3-8(10)11-9(13(18)19)5-7(6-15-11)12(16)17/h1-4,6,15H,5H2,(H,16,17)(H,18,19). The van der Waals surface area contributed by atoms with E-state index < -0.39 is 17.8 Å². The molecule has 98 valence electrons. The summed E-state index contributed by atoms with van der Waals surface area (Å²) < 4.78 is 13.7. The summed E-state index contributed by atoms with van der Waals surface area (Å²) in [6, 6.07) is 5.70. The Kier molecular flexibility index (Phi) is 3.33. The molecule has 6 heteroatoms. The van der Waals surface area contributed by atoms with Crippen molar-refractivity contribution in [1.82, 2.24) is 5.32 Å². The van der Waals surface area contributed by atoms with Crippen molar-refractivity contribution in [3.63, 3.8) is 0 Å². The fourth-order valence-electron chi connectivity index (χ4n) is 1.80. The van der Waals surface area contributed by atoms with E-state index in [0.29, 0.717) is 0 Å². The number of carboxylic acid groups (broad SMARTS) is 2. The summed E-state index contributed by atoms with van der Waals surface area (Å²) in [5, 5.41) is 20.5. The van der Waals surface area contributed by atoms with Crippen molar-refractivity contribution in [2.24, 2.45) is 0 Å². The molecule has 1 aliphatic heterocycles. The molecule has 0 saturated heterocycles. The Morgan fingerprint density at radius 1 is 1.16 bits per heavy atom. The molecule has 0 fully saturated rings. The molecule has 0 aromatic heterocycles. The normalized spacial score (nSPS) is 14.7. The minimum atomic E-state index is -1.28. The monoisotopic (exact) mass is 263 g/mol. The third kappa shape index (κ3) is 2.47. The van der Waals surface area contributed by atoms with Gasteiger partial charge in [0.15, 0.2) is 0 Å². The van der Waals surface area contributed by atoms with Crippen molar-refractivity contribution < 1.29 is 24.2 Å². The zero-order valence-electron chi connectivity index (χ0n) is 9.68. The summed E-state index contributed by atoms with van der Waals surface area (Å²) >= 11 is 0. The van der Waals surface area contributed by atoms with Gasteiger partial charge in [-0.1, -0.05) is 12.1 Å². The predicted octanol–water partition coefficient (Wildman–Crippen LogP) is 1.58. The highest BCUT2D eigenvalue weighted by Crippen LogP contribution is 2.27. The summed E-state index contributed by atoms with van der Waals surface area (Å²) in [5.74, 6) is -3.06. The van der Waals surface area contributed by atoms with Gasteiger partial charge in [0.1, 0.15) is 5.82 Å². The lowest BCUT2D eigenvalue weighted by Crippen LogP contribution is -2.22. The van der Waals surface area contributed by atoms with Gasteiger partial charge in [0.25, 0.3) is 0 Å². The van der Waals surface area contributed by atoms with E-state index in [0.717, 1.165) is 0 Å². The Labute approximate surface area is 107 Å². The smallest absolute Gasteiger partial charge is 0.334 e. The Morgan fingerprint density at radius 3 is 2.42 bits per heavy atom. The van der Waals surface area contributed by atoms with E-state index in [4.69, 9.17) is 10.2 Å². The molecule has 0 unspecified atom stereocenters. The second-order valence-corrected chi connectivity index (χ2v) is 3.93. The van der Waals surface area contributed by atoms with Gasteiger partial charge in [-0.2, -0.15) is 0 Å². The first-order valence-corrected chi connectivity index (χ1v) is 5.41. The Balaban J connectivity index is 2.49. The van der Waals surface area contributed by atoms with Gasteiger partial charge in [-0.25, -0.2) is 14.0 Å². The lowest BCUT2D eigenvalue weighted by Gasteiger charge is -2.18. The highest BCUT2D eigenvalue weighted by atomic mass is 19.1. The Bertz CT molecular complexity index is 619. The molecule has 3 N–H and O–H groups in total. The van der Waals surface area contributed by atoms with E-state index >= 15 is 0 Å². The molecule has 2 rings (SSSR count). The second kappa shape index (κ2) is 4.93. The average Bonchev–Trinajstić information content (AvgIpc) is 2.38. The molecule has 0 bridgehead atoms. The zero-order chi connectivity index (χ0) is 14.0. The summed E-state index contributed by atoms with van der Waals surface area (Å²) in [5.41, 5.74) is -0.0846. The zero-order valence-corrected chi connectivity index (χ0v) is 9.68. The molecule has 1 heterocycles. The molecular weight excluding hydrogens is 253 g/mol. The number of carboxylic acids is 2. The third-order valence-electron chi connectivity index (χ3n) is 2.74. The summed E-state index contributed by atoms with van der Waals surface area (Å²) in [6.45, 7) is 0. The van der Waals surface area contributed by atoms with Crippen LogP contribution in [0.1, 0.15) is 12.0 Å². The number of aliphatic carboxylic acids is 2. The summed E-state index contributed by atoms with van der Waals surface area (Å²) in [4.78, 5) is 22.0. The molecule has 19 heavy (non-hydrogen) atoms. The molecule has 1 aliphatic rings. The number of halogens is 1. The number of nitrogens with one attached hydrogen (secondary N) is 1. The first-order valence-electron chi connectivity index (χ1n) is 5.41.